The van der Waals surface area contributed by atoms with Crippen molar-refractivity contribution in [2.24, 2.45) is 0 Å². The first-order valence-corrected chi connectivity index (χ1v) is 26.7. The standard InChI is InChI=1S/C53H103NO5/c1-3-5-7-9-11-13-15-17-19-20-21-22-23-24-25-26-27-29-31-33-35-40-44-48-53(58)59-50(46-42-38-36-39-43-47-51(55)54-49-52(56)57)45-41-37-34-32-30-28-18-16-14-12-10-8-6-4-2/h50H,3-49H2,1-2H3,(H,54,55)(H,56,57). The van der Waals surface area contributed by atoms with Gasteiger partial charge in [0, 0.05) is 12.8 Å². The molecule has 0 aromatic rings. The van der Waals surface area contributed by atoms with E-state index in [1.165, 1.54) is 218 Å². The minimum atomic E-state index is -1.01. The van der Waals surface area contributed by atoms with Gasteiger partial charge in [-0.25, -0.2) is 0 Å². The van der Waals surface area contributed by atoms with Crippen LogP contribution >= 0.6 is 0 Å². The van der Waals surface area contributed by atoms with Crippen molar-refractivity contribution < 1.29 is 24.2 Å². The van der Waals surface area contributed by atoms with Gasteiger partial charge in [-0.15, -0.1) is 0 Å². The number of hydrogen-bond donors (Lipinski definition) is 2. The first kappa shape index (κ1) is 57.4. The molecule has 0 saturated carbocycles. The van der Waals surface area contributed by atoms with Crippen molar-refractivity contribution in [2.45, 2.75) is 315 Å². The zero-order chi connectivity index (χ0) is 43.0. The van der Waals surface area contributed by atoms with Crippen LogP contribution in [0.4, 0.5) is 0 Å². The predicted molar refractivity (Wildman–Crippen MR) is 254 cm³/mol. The summed E-state index contributed by atoms with van der Waals surface area (Å²) in [5.41, 5.74) is 0. The Balaban J connectivity index is 3.98. The average Bonchev–Trinajstić information content (AvgIpc) is 3.22. The lowest BCUT2D eigenvalue weighted by Crippen LogP contribution is -2.28. The van der Waals surface area contributed by atoms with Crippen molar-refractivity contribution in [2.75, 3.05) is 6.54 Å². The van der Waals surface area contributed by atoms with E-state index in [4.69, 9.17) is 9.84 Å². The first-order valence-electron chi connectivity index (χ1n) is 26.7. The largest absolute Gasteiger partial charge is 0.480 e. The van der Waals surface area contributed by atoms with Crippen LogP contribution in [0.15, 0.2) is 0 Å². The molecule has 350 valence electrons. The van der Waals surface area contributed by atoms with Crippen LogP contribution in [0.5, 0.6) is 0 Å². The van der Waals surface area contributed by atoms with Crippen LogP contribution in [0, 0.1) is 0 Å². The molecule has 1 unspecified atom stereocenters. The number of nitrogens with one attached hydrogen (secondary N) is 1. The van der Waals surface area contributed by atoms with E-state index in [2.05, 4.69) is 19.2 Å². The average molecular weight is 834 g/mol. The van der Waals surface area contributed by atoms with E-state index in [9.17, 15) is 14.4 Å². The number of hydrogen-bond acceptors (Lipinski definition) is 4. The number of carboxylic acid groups (broad SMARTS) is 1. The Morgan fingerprint density at radius 1 is 0.373 bits per heavy atom. The first-order chi connectivity index (χ1) is 29.0. The second kappa shape index (κ2) is 49.1. The van der Waals surface area contributed by atoms with Gasteiger partial charge in [-0.2, -0.15) is 0 Å². The topological polar surface area (TPSA) is 92.7 Å². The van der Waals surface area contributed by atoms with Gasteiger partial charge in [0.15, 0.2) is 0 Å². The number of unbranched alkanes of at least 4 members (excludes halogenated alkanes) is 39. The molecular weight excluding hydrogens is 731 g/mol. The van der Waals surface area contributed by atoms with E-state index in [-0.39, 0.29) is 24.5 Å². The fraction of sp³-hybridized carbons (Fsp3) is 0.943. The molecule has 0 spiro atoms. The van der Waals surface area contributed by atoms with Gasteiger partial charge in [0.1, 0.15) is 12.6 Å². The van der Waals surface area contributed by atoms with E-state index in [0.717, 1.165) is 64.2 Å². The molecule has 0 aliphatic rings. The molecule has 0 aliphatic heterocycles. The normalized spacial score (nSPS) is 11.9. The number of carbonyl (C=O) groups excluding carboxylic acids is 2. The molecule has 1 amide bonds. The van der Waals surface area contributed by atoms with Crippen molar-refractivity contribution in [3.63, 3.8) is 0 Å². The number of rotatable bonds is 50. The number of amides is 1. The van der Waals surface area contributed by atoms with Crippen molar-refractivity contribution in [1.29, 1.82) is 0 Å². The molecule has 0 saturated heterocycles. The molecule has 6 heteroatoms. The van der Waals surface area contributed by atoms with E-state index >= 15 is 0 Å². The summed E-state index contributed by atoms with van der Waals surface area (Å²) in [5.74, 6) is -1.20. The highest BCUT2D eigenvalue weighted by Gasteiger charge is 2.14. The Bertz CT molecular complexity index is 878. The molecule has 2 N–H and O–H groups in total. The van der Waals surface area contributed by atoms with Gasteiger partial charge in [-0.05, 0) is 38.5 Å². The third kappa shape index (κ3) is 48.9. The van der Waals surface area contributed by atoms with Crippen LogP contribution in [0.1, 0.15) is 309 Å². The van der Waals surface area contributed by atoms with Gasteiger partial charge in [-0.1, -0.05) is 258 Å². The molecular formula is C53H103NO5. The number of aliphatic carboxylic acids is 1. The third-order valence-corrected chi connectivity index (χ3v) is 12.5. The van der Waals surface area contributed by atoms with E-state index < -0.39 is 5.97 Å². The van der Waals surface area contributed by atoms with Crippen LogP contribution in [0.25, 0.3) is 0 Å². The summed E-state index contributed by atoms with van der Waals surface area (Å²) < 4.78 is 6.08. The lowest BCUT2D eigenvalue weighted by atomic mass is 10.0. The van der Waals surface area contributed by atoms with Crippen LogP contribution in [0.3, 0.4) is 0 Å². The van der Waals surface area contributed by atoms with E-state index in [1.54, 1.807) is 0 Å². The lowest BCUT2D eigenvalue weighted by molar-refractivity contribution is -0.150. The second-order valence-electron chi connectivity index (χ2n) is 18.5. The minimum absolute atomic E-state index is 0.00349. The molecule has 6 nitrogen and oxygen atoms in total. The molecule has 0 rings (SSSR count). The molecule has 0 heterocycles. The van der Waals surface area contributed by atoms with Crippen LogP contribution in [-0.2, 0) is 19.1 Å². The highest BCUT2D eigenvalue weighted by molar-refractivity contribution is 5.80. The maximum absolute atomic E-state index is 12.9. The highest BCUT2D eigenvalue weighted by atomic mass is 16.5. The molecule has 0 aliphatic carbocycles. The molecule has 0 bridgehead atoms. The van der Waals surface area contributed by atoms with Gasteiger partial charge in [-0.3, -0.25) is 14.4 Å². The van der Waals surface area contributed by atoms with Crippen LogP contribution < -0.4 is 5.32 Å². The molecule has 0 fully saturated rings. The Kier molecular flexibility index (Phi) is 47.7. The van der Waals surface area contributed by atoms with Gasteiger partial charge < -0.3 is 15.2 Å². The zero-order valence-electron chi connectivity index (χ0n) is 39.9. The number of carbonyl (C=O) groups is 3. The van der Waals surface area contributed by atoms with Crippen molar-refractivity contribution in [3.05, 3.63) is 0 Å². The van der Waals surface area contributed by atoms with Crippen molar-refractivity contribution >= 4 is 17.8 Å². The molecule has 0 radical (unpaired) electrons. The summed E-state index contributed by atoms with van der Waals surface area (Å²) in [7, 11) is 0. The summed E-state index contributed by atoms with van der Waals surface area (Å²) >= 11 is 0. The Morgan fingerprint density at radius 3 is 0.915 bits per heavy atom. The van der Waals surface area contributed by atoms with Crippen molar-refractivity contribution in [3.8, 4) is 0 Å². The van der Waals surface area contributed by atoms with Crippen LogP contribution in [-0.4, -0.2) is 35.6 Å². The van der Waals surface area contributed by atoms with Gasteiger partial charge in [0.2, 0.25) is 5.91 Å². The third-order valence-electron chi connectivity index (χ3n) is 12.5. The number of carboxylic acids is 1. The van der Waals surface area contributed by atoms with E-state index in [1.807, 2.05) is 0 Å². The Morgan fingerprint density at radius 2 is 0.627 bits per heavy atom. The lowest BCUT2D eigenvalue weighted by Gasteiger charge is -2.18. The zero-order valence-corrected chi connectivity index (χ0v) is 39.9. The summed E-state index contributed by atoms with van der Waals surface area (Å²) in [4.78, 5) is 35.2. The predicted octanol–water partition coefficient (Wildman–Crippen LogP) is 17.1. The van der Waals surface area contributed by atoms with Gasteiger partial charge >= 0.3 is 11.9 Å². The van der Waals surface area contributed by atoms with Gasteiger partial charge in [0.05, 0.1) is 0 Å². The van der Waals surface area contributed by atoms with Crippen LogP contribution in [0.2, 0.25) is 0 Å². The van der Waals surface area contributed by atoms with Gasteiger partial charge in [0.25, 0.3) is 0 Å². The Labute approximate surface area is 368 Å². The van der Waals surface area contributed by atoms with E-state index in [0.29, 0.717) is 12.8 Å². The highest BCUT2D eigenvalue weighted by Crippen LogP contribution is 2.20. The molecule has 59 heavy (non-hydrogen) atoms. The van der Waals surface area contributed by atoms with Crippen molar-refractivity contribution in [1.82, 2.24) is 5.32 Å². The fourth-order valence-corrected chi connectivity index (χ4v) is 8.58. The Hall–Kier alpha value is -1.59. The molecule has 0 aromatic heterocycles. The molecule has 0 aromatic carbocycles. The second-order valence-corrected chi connectivity index (χ2v) is 18.5. The summed E-state index contributed by atoms with van der Waals surface area (Å²) in [6.45, 7) is 4.27. The SMILES string of the molecule is CCCCCCCCCCCCCCCCCCCCCCCCCC(=O)OC(CCCCCCCCCCCCCCCC)CCCCCCCC(=O)NCC(=O)O. The number of ether oxygens (including phenoxy) is 1. The smallest absolute Gasteiger partial charge is 0.322 e. The minimum Gasteiger partial charge on any atom is -0.480 e. The number of esters is 1. The quantitative estimate of drug-likeness (QED) is 0.0470. The fourth-order valence-electron chi connectivity index (χ4n) is 8.58. The monoisotopic (exact) mass is 834 g/mol. The summed E-state index contributed by atoms with van der Waals surface area (Å²) in [6.07, 6.45) is 58.3. The maximum Gasteiger partial charge on any atom is 0.322 e. The molecule has 1 atom stereocenters. The summed E-state index contributed by atoms with van der Waals surface area (Å²) in [5, 5.41) is 11.1. The summed E-state index contributed by atoms with van der Waals surface area (Å²) in [6, 6.07) is 0. The maximum atomic E-state index is 12.9.